The van der Waals surface area contributed by atoms with Crippen LogP contribution < -0.4 is 0 Å². The second-order valence-corrected chi connectivity index (χ2v) is 8.05. The molecule has 1 fully saturated rings. The first-order chi connectivity index (χ1) is 14.7. The summed E-state index contributed by atoms with van der Waals surface area (Å²) >= 11 is 0. The highest BCUT2D eigenvalue weighted by Gasteiger charge is 2.35. The average Bonchev–Trinajstić information content (AvgIpc) is 3.38. The molecule has 2 unspecified atom stereocenters. The van der Waals surface area contributed by atoms with Crippen molar-refractivity contribution in [3.8, 4) is 22.4 Å². The topological polar surface area (TPSA) is 41.1 Å². The van der Waals surface area contributed by atoms with Crippen LogP contribution >= 0.6 is 0 Å². The maximum absolute atomic E-state index is 13.5. The largest absolute Gasteiger partial charge is 0.377 e. The molecular formula is C25H26FN3O. The minimum absolute atomic E-state index is 0.226. The quantitative estimate of drug-likeness (QED) is 0.641. The predicted octanol–water partition coefficient (Wildman–Crippen LogP) is 5.15. The first-order valence-electron chi connectivity index (χ1n) is 10.7. The standard InChI is InChI=1S/C25H26FN3O/c1-2-30-22-14-21-13-19(9-12-29(21)16-22)23-15-28-25(18-3-5-20(26)6-4-18)24(23)17-7-10-27-11-8-17/h3-11,15,21-22,28H,2,12-14,16H2,1H3. The third kappa shape index (κ3) is 3.59. The molecule has 0 bridgehead atoms. The van der Waals surface area contributed by atoms with Gasteiger partial charge >= 0.3 is 0 Å². The molecule has 154 valence electrons. The van der Waals surface area contributed by atoms with Crippen molar-refractivity contribution in [3.63, 3.8) is 0 Å². The summed E-state index contributed by atoms with van der Waals surface area (Å²) in [6.07, 6.45) is 10.5. The van der Waals surface area contributed by atoms with E-state index in [2.05, 4.69) is 34.1 Å². The van der Waals surface area contributed by atoms with Gasteiger partial charge in [-0.1, -0.05) is 6.08 Å². The van der Waals surface area contributed by atoms with E-state index in [0.717, 1.165) is 54.9 Å². The Bertz CT molecular complexity index is 1040. The number of nitrogens with one attached hydrogen (secondary N) is 1. The SMILES string of the molecule is CCOC1CC2CC(c3c[nH]c(-c4ccc(F)cc4)c3-c3ccncc3)=CCN2C1. The average molecular weight is 404 g/mol. The van der Waals surface area contributed by atoms with Gasteiger partial charge in [0.05, 0.1) is 11.8 Å². The van der Waals surface area contributed by atoms with Crippen LogP contribution in [0.2, 0.25) is 0 Å². The number of pyridine rings is 1. The zero-order chi connectivity index (χ0) is 20.5. The van der Waals surface area contributed by atoms with Gasteiger partial charge in [0, 0.05) is 55.5 Å². The Balaban J connectivity index is 1.52. The number of hydrogen-bond donors (Lipinski definition) is 1. The van der Waals surface area contributed by atoms with Crippen LogP contribution in [0.3, 0.4) is 0 Å². The fraction of sp³-hybridized carbons (Fsp3) is 0.320. The molecule has 0 amide bonds. The molecule has 2 aliphatic rings. The Labute approximate surface area is 176 Å². The van der Waals surface area contributed by atoms with Gasteiger partial charge in [-0.3, -0.25) is 9.88 Å². The zero-order valence-electron chi connectivity index (χ0n) is 17.1. The number of fused-ring (bicyclic) bond motifs is 1. The van der Waals surface area contributed by atoms with Gasteiger partial charge in [-0.2, -0.15) is 0 Å². The number of H-pyrrole nitrogens is 1. The molecule has 5 rings (SSSR count). The van der Waals surface area contributed by atoms with Crippen molar-refractivity contribution in [2.75, 3.05) is 19.7 Å². The van der Waals surface area contributed by atoms with Crippen molar-refractivity contribution < 1.29 is 9.13 Å². The van der Waals surface area contributed by atoms with Crippen molar-refractivity contribution in [2.24, 2.45) is 0 Å². The Morgan fingerprint density at radius 2 is 1.93 bits per heavy atom. The molecule has 0 aliphatic carbocycles. The van der Waals surface area contributed by atoms with Crippen LogP contribution in [0.5, 0.6) is 0 Å². The lowest BCUT2D eigenvalue weighted by Gasteiger charge is -2.29. The van der Waals surface area contributed by atoms with Crippen LogP contribution in [-0.2, 0) is 4.74 Å². The Hall–Kier alpha value is -2.76. The Morgan fingerprint density at radius 3 is 2.70 bits per heavy atom. The highest BCUT2D eigenvalue weighted by Crippen LogP contribution is 2.41. The van der Waals surface area contributed by atoms with Crippen molar-refractivity contribution in [2.45, 2.75) is 31.9 Å². The number of hydrogen-bond acceptors (Lipinski definition) is 3. The summed E-state index contributed by atoms with van der Waals surface area (Å²) in [5, 5.41) is 0. The Morgan fingerprint density at radius 1 is 1.13 bits per heavy atom. The molecule has 2 aliphatic heterocycles. The summed E-state index contributed by atoms with van der Waals surface area (Å²) in [6, 6.07) is 11.3. The van der Waals surface area contributed by atoms with E-state index in [1.165, 1.54) is 23.3 Å². The van der Waals surface area contributed by atoms with E-state index in [1.54, 1.807) is 0 Å². The maximum Gasteiger partial charge on any atom is 0.123 e. The zero-order valence-corrected chi connectivity index (χ0v) is 17.1. The number of halogens is 1. The summed E-state index contributed by atoms with van der Waals surface area (Å²) in [6.45, 7) is 4.82. The van der Waals surface area contributed by atoms with E-state index >= 15 is 0 Å². The van der Waals surface area contributed by atoms with Crippen LogP contribution in [0.1, 0.15) is 25.3 Å². The molecule has 0 radical (unpaired) electrons. The van der Waals surface area contributed by atoms with Gasteiger partial charge in [0.25, 0.3) is 0 Å². The van der Waals surface area contributed by atoms with Gasteiger partial charge in [0.2, 0.25) is 0 Å². The van der Waals surface area contributed by atoms with E-state index in [9.17, 15) is 4.39 Å². The fourth-order valence-corrected chi connectivity index (χ4v) is 4.85. The summed E-state index contributed by atoms with van der Waals surface area (Å²) in [4.78, 5) is 10.2. The van der Waals surface area contributed by atoms with Gasteiger partial charge in [-0.15, -0.1) is 0 Å². The van der Waals surface area contributed by atoms with E-state index in [0.29, 0.717) is 12.1 Å². The summed E-state index contributed by atoms with van der Waals surface area (Å²) < 4.78 is 19.4. The fourth-order valence-electron chi connectivity index (χ4n) is 4.85. The van der Waals surface area contributed by atoms with Crippen molar-refractivity contribution in [3.05, 3.63) is 72.4 Å². The van der Waals surface area contributed by atoms with Gasteiger partial charge < -0.3 is 9.72 Å². The number of nitrogens with zero attached hydrogens (tertiary/aromatic N) is 2. The van der Waals surface area contributed by atoms with Crippen molar-refractivity contribution in [1.82, 2.24) is 14.9 Å². The first-order valence-corrected chi connectivity index (χ1v) is 10.7. The van der Waals surface area contributed by atoms with Gasteiger partial charge in [0.1, 0.15) is 5.82 Å². The van der Waals surface area contributed by atoms with Crippen LogP contribution in [0.4, 0.5) is 4.39 Å². The Kier molecular flexibility index (Phi) is 5.23. The molecule has 4 heterocycles. The van der Waals surface area contributed by atoms with Gasteiger partial charge in [0.15, 0.2) is 0 Å². The summed E-state index contributed by atoms with van der Waals surface area (Å²) in [5.41, 5.74) is 6.85. The molecule has 1 N–H and O–H groups in total. The normalized spacial score (nSPS) is 21.5. The molecule has 2 atom stereocenters. The molecule has 2 aromatic heterocycles. The second-order valence-electron chi connectivity index (χ2n) is 8.05. The third-order valence-electron chi connectivity index (χ3n) is 6.25. The van der Waals surface area contributed by atoms with Crippen molar-refractivity contribution >= 4 is 5.57 Å². The second kappa shape index (κ2) is 8.17. The molecule has 1 aromatic carbocycles. The number of aromatic nitrogens is 2. The number of aromatic amines is 1. The van der Waals surface area contributed by atoms with Crippen LogP contribution in [-0.4, -0.2) is 46.7 Å². The highest BCUT2D eigenvalue weighted by atomic mass is 19.1. The molecule has 3 aromatic rings. The number of rotatable bonds is 5. The first kappa shape index (κ1) is 19.2. The van der Waals surface area contributed by atoms with Crippen LogP contribution in [0.25, 0.3) is 28.0 Å². The predicted molar refractivity (Wildman–Crippen MR) is 117 cm³/mol. The lowest BCUT2D eigenvalue weighted by atomic mass is 9.89. The smallest absolute Gasteiger partial charge is 0.123 e. The lowest BCUT2D eigenvalue weighted by molar-refractivity contribution is 0.0698. The molecule has 5 heteroatoms. The summed E-state index contributed by atoms with van der Waals surface area (Å²) in [7, 11) is 0. The van der Waals surface area contributed by atoms with Crippen molar-refractivity contribution in [1.29, 1.82) is 0 Å². The van der Waals surface area contributed by atoms with Gasteiger partial charge in [-0.25, -0.2) is 4.39 Å². The number of ether oxygens (including phenoxy) is 1. The minimum Gasteiger partial charge on any atom is -0.377 e. The molecule has 4 nitrogen and oxygen atoms in total. The van der Waals surface area contributed by atoms with E-state index < -0.39 is 0 Å². The molecular weight excluding hydrogens is 377 g/mol. The highest BCUT2D eigenvalue weighted by molar-refractivity contribution is 5.91. The van der Waals surface area contributed by atoms with Crippen LogP contribution in [0, 0.1) is 5.82 Å². The minimum atomic E-state index is -0.226. The molecule has 0 saturated carbocycles. The van der Waals surface area contributed by atoms with E-state index in [-0.39, 0.29) is 5.82 Å². The number of benzene rings is 1. The van der Waals surface area contributed by atoms with E-state index in [1.807, 2.05) is 36.7 Å². The summed E-state index contributed by atoms with van der Waals surface area (Å²) in [5.74, 6) is -0.226. The monoisotopic (exact) mass is 403 g/mol. The molecule has 0 spiro atoms. The third-order valence-corrected chi connectivity index (χ3v) is 6.25. The lowest BCUT2D eigenvalue weighted by Crippen LogP contribution is -2.33. The molecule has 30 heavy (non-hydrogen) atoms. The maximum atomic E-state index is 13.5. The molecule has 1 saturated heterocycles. The van der Waals surface area contributed by atoms with E-state index in [4.69, 9.17) is 4.74 Å². The van der Waals surface area contributed by atoms with Gasteiger partial charge in [-0.05, 0) is 72.9 Å². The van der Waals surface area contributed by atoms with Crippen LogP contribution in [0.15, 0.2) is 61.1 Å².